The van der Waals surface area contributed by atoms with Gasteiger partial charge in [0.15, 0.2) is 0 Å². The van der Waals surface area contributed by atoms with Crippen LogP contribution in [0.5, 0.6) is 5.75 Å². The minimum absolute atomic E-state index is 0.0258. The molecule has 1 aromatic rings. The molecule has 2 rings (SSSR count). The van der Waals surface area contributed by atoms with Crippen molar-refractivity contribution in [1.82, 2.24) is 10.2 Å². The first-order valence-corrected chi connectivity index (χ1v) is 7.80. The quantitative estimate of drug-likeness (QED) is 0.901. The predicted molar refractivity (Wildman–Crippen MR) is 83.5 cm³/mol. The number of amides is 2. The molecule has 1 saturated heterocycles. The number of nitrogens with zero attached hydrogens (tertiary/aromatic N) is 1. The van der Waals surface area contributed by atoms with E-state index in [0.29, 0.717) is 11.3 Å². The van der Waals surface area contributed by atoms with Gasteiger partial charge in [-0.1, -0.05) is 15.9 Å². The van der Waals surface area contributed by atoms with Gasteiger partial charge in [-0.25, -0.2) is 0 Å². The molecule has 0 saturated carbocycles. The van der Waals surface area contributed by atoms with Gasteiger partial charge in [0.1, 0.15) is 5.75 Å². The fourth-order valence-electron chi connectivity index (χ4n) is 2.36. The van der Waals surface area contributed by atoms with Crippen molar-refractivity contribution in [3.63, 3.8) is 0 Å². The topological polar surface area (TPSA) is 58.6 Å². The molecular formula is C15H19BrN2O3. The molecule has 6 heteroatoms. The zero-order chi connectivity index (χ0) is 15.2. The van der Waals surface area contributed by atoms with Crippen molar-refractivity contribution in [2.45, 2.75) is 19.3 Å². The second-order valence-electron chi connectivity index (χ2n) is 4.97. The largest absolute Gasteiger partial charge is 0.496 e. The first kappa shape index (κ1) is 15.8. The summed E-state index contributed by atoms with van der Waals surface area (Å²) in [5, 5.41) is 2.66. The summed E-state index contributed by atoms with van der Waals surface area (Å²) in [6, 6.07) is 5.16. The minimum atomic E-state index is -0.301. The molecule has 21 heavy (non-hydrogen) atoms. The molecule has 1 aromatic carbocycles. The van der Waals surface area contributed by atoms with Gasteiger partial charge in [0.2, 0.25) is 5.91 Å². The van der Waals surface area contributed by atoms with E-state index in [1.165, 1.54) is 13.5 Å². The van der Waals surface area contributed by atoms with E-state index in [1.807, 2.05) is 4.90 Å². The summed E-state index contributed by atoms with van der Waals surface area (Å²) in [7, 11) is 1.51. The summed E-state index contributed by atoms with van der Waals surface area (Å²) in [6.45, 7) is 1.60. The lowest BCUT2D eigenvalue weighted by atomic mass is 10.1. The van der Waals surface area contributed by atoms with Crippen LogP contribution < -0.4 is 10.1 Å². The SMILES string of the molecule is COc1cc(Br)ccc1C(=O)NCC(=O)N1CCCCC1. The molecule has 0 bridgehead atoms. The van der Waals surface area contributed by atoms with Gasteiger partial charge in [0.05, 0.1) is 19.2 Å². The molecule has 114 valence electrons. The van der Waals surface area contributed by atoms with E-state index in [2.05, 4.69) is 21.2 Å². The Hall–Kier alpha value is -1.56. The normalized spacial score (nSPS) is 14.7. The number of hydrogen-bond acceptors (Lipinski definition) is 3. The van der Waals surface area contributed by atoms with Crippen LogP contribution in [0.15, 0.2) is 22.7 Å². The molecule has 1 N–H and O–H groups in total. The number of carbonyl (C=O) groups is 2. The molecule has 5 nitrogen and oxygen atoms in total. The zero-order valence-corrected chi connectivity index (χ0v) is 13.6. The van der Waals surface area contributed by atoms with E-state index in [1.54, 1.807) is 18.2 Å². The lowest BCUT2D eigenvalue weighted by Gasteiger charge is -2.26. The van der Waals surface area contributed by atoms with E-state index in [9.17, 15) is 9.59 Å². The fourth-order valence-corrected chi connectivity index (χ4v) is 2.70. The number of halogens is 1. The number of likely N-dealkylation sites (tertiary alicyclic amines) is 1. The Morgan fingerprint density at radius 3 is 2.67 bits per heavy atom. The molecule has 1 aliphatic rings. The van der Waals surface area contributed by atoms with Gasteiger partial charge in [-0.3, -0.25) is 9.59 Å². The van der Waals surface area contributed by atoms with E-state index in [4.69, 9.17) is 4.74 Å². The molecule has 0 aliphatic carbocycles. The van der Waals surface area contributed by atoms with Crippen LogP contribution >= 0.6 is 15.9 Å². The number of benzene rings is 1. The maximum atomic E-state index is 12.1. The first-order chi connectivity index (χ1) is 10.1. The second-order valence-corrected chi connectivity index (χ2v) is 5.88. The van der Waals surface area contributed by atoms with Crippen molar-refractivity contribution < 1.29 is 14.3 Å². The Kier molecular flexibility index (Phi) is 5.61. The highest BCUT2D eigenvalue weighted by atomic mass is 79.9. The van der Waals surface area contributed by atoms with Crippen LogP contribution in [0.2, 0.25) is 0 Å². The average Bonchev–Trinajstić information content (AvgIpc) is 2.52. The van der Waals surface area contributed by atoms with Gasteiger partial charge in [0.25, 0.3) is 5.91 Å². The van der Waals surface area contributed by atoms with Crippen LogP contribution in [0.4, 0.5) is 0 Å². The molecule has 1 aliphatic heterocycles. The highest BCUT2D eigenvalue weighted by Gasteiger charge is 2.18. The fraction of sp³-hybridized carbons (Fsp3) is 0.467. The third-order valence-corrected chi connectivity index (χ3v) is 4.01. The van der Waals surface area contributed by atoms with E-state index in [-0.39, 0.29) is 18.4 Å². The summed E-state index contributed by atoms with van der Waals surface area (Å²) < 4.78 is 6.02. The van der Waals surface area contributed by atoms with Crippen LogP contribution in [-0.2, 0) is 4.79 Å². The number of ether oxygens (including phenoxy) is 1. The van der Waals surface area contributed by atoms with E-state index >= 15 is 0 Å². The number of hydrogen-bond donors (Lipinski definition) is 1. The number of piperidine rings is 1. The predicted octanol–water partition coefficient (Wildman–Crippen LogP) is 2.20. The van der Waals surface area contributed by atoms with Gasteiger partial charge in [-0.15, -0.1) is 0 Å². The van der Waals surface area contributed by atoms with Gasteiger partial charge in [0, 0.05) is 17.6 Å². The van der Waals surface area contributed by atoms with Crippen molar-refractivity contribution in [2.24, 2.45) is 0 Å². The minimum Gasteiger partial charge on any atom is -0.496 e. The van der Waals surface area contributed by atoms with Crippen molar-refractivity contribution >= 4 is 27.7 Å². The summed E-state index contributed by atoms with van der Waals surface area (Å²) in [5.74, 6) is 0.149. The van der Waals surface area contributed by atoms with Gasteiger partial charge < -0.3 is 15.0 Å². The van der Waals surface area contributed by atoms with Crippen LogP contribution in [0.1, 0.15) is 29.6 Å². The summed E-state index contributed by atoms with van der Waals surface area (Å²) in [6.07, 6.45) is 3.26. The van der Waals surface area contributed by atoms with Crippen molar-refractivity contribution in [1.29, 1.82) is 0 Å². The zero-order valence-electron chi connectivity index (χ0n) is 12.0. The van der Waals surface area contributed by atoms with Crippen molar-refractivity contribution in [2.75, 3.05) is 26.7 Å². The Bertz CT molecular complexity index is 528. The average molecular weight is 355 g/mol. The Morgan fingerprint density at radius 1 is 1.29 bits per heavy atom. The van der Waals surface area contributed by atoms with Crippen LogP contribution in [0, 0.1) is 0 Å². The van der Waals surface area contributed by atoms with Gasteiger partial charge >= 0.3 is 0 Å². The molecule has 0 atom stereocenters. The number of rotatable bonds is 4. The maximum Gasteiger partial charge on any atom is 0.255 e. The lowest BCUT2D eigenvalue weighted by molar-refractivity contribution is -0.130. The monoisotopic (exact) mass is 354 g/mol. The van der Waals surface area contributed by atoms with E-state index in [0.717, 1.165) is 30.4 Å². The van der Waals surface area contributed by atoms with Crippen molar-refractivity contribution in [3.05, 3.63) is 28.2 Å². The molecule has 0 radical (unpaired) electrons. The molecule has 0 aromatic heterocycles. The molecule has 1 heterocycles. The van der Waals surface area contributed by atoms with Crippen LogP contribution in [-0.4, -0.2) is 43.5 Å². The highest BCUT2D eigenvalue weighted by molar-refractivity contribution is 9.10. The van der Waals surface area contributed by atoms with Crippen LogP contribution in [0.3, 0.4) is 0 Å². The number of carbonyl (C=O) groups excluding carboxylic acids is 2. The third-order valence-electron chi connectivity index (χ3n) is 3.52. The third kappa shape index (κ3) is 4.20. The summed E-state index contributed by atoms with van der Waals surface area (Å²) in [5.41, 5.74) is 0.423. The molecule has 2 amide bonds. The molecule has 1 fully saturated rings. The molecule has 0 spiro atoms. The highest BCUT2D eigenvalue weighted by Crippen LogP contribution is 2.23. The Morgan fingerprint density at radius 2 is 2.00 bits per heavy atom. The Labute approximate surface area is 132 Å². The van der Waals surface area contributed by atoms with Crippen LogP contribution in [0.25, 0.3) is 0 Å². The Balaban J connectivity index is 1.93. The summed E-state index contributed by atoms with van der Waals surface area (Å²) >= 11 is 3.33. The standard InChI is InChI=1S/C15H19BrN2O3/c1-21-13-9-11(16)5-6-12(13)15(20)17-10-14(19)18-7-3-2-4-8-18/h5-6,9H,2-4,7-8,10H2,1H3,(H,17,20). The smallest absolute Gasteiger partial charge is 0.255 e. The first-order valence-electron chi connectivity index (χ1n) is 7.01. The maximum absolute atomic E-state index is 12.1. The second kappa shape index (κ2) is 7.45. The van der Waals surface area contributed by atoms with E-state index < -0.39 is 0 Å². The van der Waals surface area contributed by atoms with Gasteiger partial charge in [-0.05, 0) is 37.5 Å². The van der Waals surface area contributed by atoms with Crippen molar-refractivity contribution in [3.8, 4) is 5.75 Å². The molecular weight excluding hydrogens is 336 g/mol. The lowest BCUT2D eigenvalue weighted by Crippen LogP contribution is -2.42. The summed E-state index contributed by atoms with van der Waals surface area (Å²) in [4.78, 5) is 26.0. The number of methoxy groups -OCH3 is 1. The number of nitrogens with one attached hydrogen (secondary N) is 1. The molecule has 0 unspecified atom stereocenters. The van der Waals surface area contributed by atoms with Gasteiger partial charge in [-0.2, -0.15) is 0 Å².